The molecule has 0 aliphatic rings. The Balaban J connectivity index is 0.000000186. The summed E-state index contributed by atoms with van der Waals surface area (Å²) in [6.45, 7) is 7.61. The number of hydrogen-bond donors (Lipinski definition) is 2. The highest BCUT2D eigenvalue weighted by molar-refractivity contribution is 14.1. The van der Waals surface area contributed by atoms with Gasteiger partial charge in [0.15, 0.2) is 10.1 Å². The van der Waals surface area contributed by atoms with Gasteiger partial charge < -0.3 is 10.6 Å². The number of rotatable bonds is 2. The number of nitrogens with zero attached hydrogens (tertiary/aromatic N) is 2. The number of halogens is 2. The summed E-state index contributed by atoms with van der Waals surface area (Å²) < 4.78 is 4.33. The normalized spacial score (nSPS) is 11.0. The first-order valence-corrected chi connectivity index (χ1v) is 13.2. The molecule has 0 atom stereocenters. The van der Waals surface area contributed by atoms with Crippen molar-refractivity contribution in [1.82, 2.24) is 14.7 Å². The predicted octanol–water partition coefficient (Wildman–Crippen LogP) is 7.28. The Morgan fingerprint density at radius 2 is 1.73 bits per heavy atom. The number of benzene rings is 2. The Morgan fingerprint density at radius 1 is 1.09 bits per heavy atom. The lowest BCUT2D eigenvalue weighted by atomic mass is 9.96. The van der Waals surface area contributed by atoms with Gasteiger partial charge in [0, 0.05) is 42.0 Å². The number of imidazole rings is 1. The second kappa shape index (κ2) is 11.1. The van der Waals surface area contributed by atoms with Crippen molar-refractivity contribution >= 4 is 83.7 Å². The zero-order valence-corrected chi connectivity index (χ0v) is 24.0. The van der Waals surface area contributed by atoms with E-state index in [1.807, 2.05) is 45.0 Å². The topological polar surface area (TPSA) is 58.4 Å². The maximum atomic E-state index is 11.7. The molecule has 0 spiro atoms. The molecule has 2 heterocycles. The fourth-order valence-corrected chi connectivity index (χ4v) is 4.30. The quantitative estimate of drug-likeness (QED) is 0.176. The molecule has 33 heavy (non-hydrogen) atoms. The Kier molecular flexibility index (Phi) is 8.65. The van der Waals surface area contributed by atoms with E-state index in [0.29, 0.717) is 5.11 Å². The van der Waals surface area contributed by atoms with Crippen LogP contribution in [0.25, 0.3) is 16.2 Å². The van der Waals surface area contributed by atoms with E-state index in [2.05, 4.69) is 102 Å². The molecule has 0 bridgehead atoms. The van der Waals surface area contributed by atoms with Crippen LogP contribution in [0.4, 0.5) is 5.69 Å². The molecule has 0 radical (unpaired) electrons. The van der Waals surface area contributed by atoms with Crippen LogP contribution in [-0.2, 0) is 4.79 Å². The molecule has 9 heteroatoms. The first kappa shape index (κ1) is 25.8. The van der Waals surface area contributed by atoms with Gasteiger partial charge in [-0.1, -0.05) is 48.8 Å². The summed E-state index contributed by atoms with van der Waals surface area (Å²) >= 11 is 12.4. The fraction of sp³-hybridized carbons (Fsp3) is 0.208. The largest absolute Gasteiger partial charge is 0.332 e. The van der Waals surface area contributed by atoms with Gasteiger partial charge in [-0.25, -0.2) is 4.98 Å². The van der Waals surface area contributed by atoms with Gasteiger partial charge in [-0.15, -0.1) is 11.3 Å². The molecule has 2 N–H and O–H groups in total. The van der Waals surface area contributed by atoms with Crippen molar-refractivity contribution in [3.05, 3.63) is 73.8 Å². The number of aromatic nitrogens is 2. The van der Waals surface area contributed by atoms with E-state index in [9.17, 15) is 4.79 Å². The maximum absolute atomic E-state index is 11.7. The third-order valence-corrected chi connectivity index (χ3v) is 6.79. The van der Waals surface area contributed by atoms with Gasteiger partial charge in [0.25, 0.3) is 0 Å². The van der Waals surface area contributed by atoms with Crippen molar-refractivity contribution in [3.8, 4) is 11.3 Å². The minimum atomic E-state index is -0.453. The number of carbonyl (C=O) groups is 1. The van der Waals surface area contributed by atoms with Gasteiger partial charge in [-0.3, -0.25) is 9.20 Å². The summed E-state index contributed by atoms with van der Waals surface area (Å²) in [4.78, 5) is 18.6. The summed E-state index contributed by atoms with van der Waals surface area (Å²) in [5, 5.41) is 5.92. The Bertz CT molecular complexity index is 1230. The molecule has 2 aromatic heterocycles. The minimum absolute atomic E-state index is 0.105. The van der Waals surface area contributed by atoms with E-state index in [1.165, 1.54) is 14.0 Å². The van der Waals surface area contributed by atoms with Crippen molar-refractivity contribution in [2.45, 2.75) is 27.7 Å². The second-order valence-electron chi connectivity index (χ2n) is 8.33. The van der Waals surface area contributed by atoms with Crippen LogP contribution in [0, 0.1) is 15.9 Å². The SMILES string of the molecule is CC(C)(C)C(=O)NC(=S)Nc1ccc(Br)cc1.Cc1cn2cc(-c3ccc(I)cc3)nc2s1. The predicted molar refractivity (Wildman–Crippen MR) is 154 cm³/mol. The molecule has 4 aromatic rings. The van der Waals surface area contributed by atoms with Crippen molar-refractivity contribution in [2.24, 2.45) is 5.41 Å². The number of carbonyl (C=O) groups excluding carboxylic acids is 1. The van der Waals surface area contributed by atoms with Crippen molar-refractivity contribution in [1.29, 1.82) is 0 Å². The van der Waals surface area contributed by atoms with Crippen LogP contribution in [0.15, 0.2) is 65.4 Å². The highest BCUT2D eigenvalue weighted by Gasteiger charge is 2.21. The molecule has 0 aliphatic heterocycles. The number of fused-ring (bicyclic) bond motifs is 1. The minimum Gasteiger partial charge on any atom is -0.332 e. The first-order valence-electron chi connectivity index (χ1n) is 10.1. The Labute approximate surface area is 225 Å². The third-order valence-electron chi connectivity index (χ3n) is 4.42. The molecule has 1 amide bonds. The molecule has 0 fully saturated rings. The summed E-state index contributed by atoms with van der Waals surface area (Å²) in [5.74, 6) is -0.105. The highest BCUT2D eigenvalue weighted by Crippen LogP contribution is 2.24. The van der Waals surface area contributed by atoms with Gasteiger partial charge in [0.1, 0.15) is 0 Å². The van der Waals surface area contributed by atoms with E-state index < -0.39 is 5.41 Å². The van der Waals surface area contributed by atoms with Gasteiger partial charge in [0.2, 0.25) is 5.91 Å². The summed E-state index contributed by atoms with van der Waals surface area (Å²) in [6, 6.07) is 16.0. The van der Waals surface area contributed by atoms with Crippen molar-refractivity contribution in [2.75, 3.05) is 5.32 Å². The van der Waals surface area contributed by atoms with Crippen molar-refractivity contribution < 1.29 is 4.79 Å². The lowest BCUT2D eigenvalue weighted by molar-refractivity contribution is -0.126. The van der Waals surface area contributed by atoms with Gasteiger partial charge in [0.05, 0.1) is 5.69 Å². The van der Waals surface area contributed by atoms with Crippen LogP contribution in [0.2, 0.25) is 0 Å². The number of nitrogens with one attached hydrogen (secondary N) is 2. The number of thiocarbonyl (C=S) groups is 1. The third kappa shape index (κ3) is 7.59. The average molecular weight is 655 g/mol. The van der Waals surface area contributed by atoms with Gasteiger partial charge >= 0.3 is 0 Å². The van der Waals surface area contributed by atoms with Crippen LogP contribution >= 0.6 is 62.1 Å². The summed E-state index contributed by atoms with van der Waals surface area (Å²) in [5.41, 5.74) is 2.61. The van der Waals surface area contributed by atoms with Crippen LogP contribution < -0.4 is 10.6 Å². The average Bonchev–Trinajstić information content (AvgIpc) is 3.27. The van der Waals surface area contributed by atoms with Crippen LogP contribution in [0.1, 0.15) is 25.6 Å². The van der Waals surface area contributed by atoms with E-state index in [0.717, 1.165) is 20.8 Å². The maximum Gasteiger partial charge on any atom is 0.231 e. The molecule has 0 aliphatic carbocycles. The zero-order chi connectivity index (χ0) is 24.2. The van der Waals surface area contributed by atoms with E-state index >= 15 is 0 Å². The van der Waals surface area contributed by atoms with Crippen LogP contribution in [-0.4, -0.2) is 20.4 Å². The zero-order valence-electron chi connectivity index (χ0n) is 18.6. The molecule has 5 nitrogen and oxygen atoms in total. The lowest BCUT2D eigenvalue weighted by Gasteiger charge is -2.18. The number of hydrogen-bond acceptors (Lipinski definition) is 4. The number of thiazole rings is 1. The Morgan fingerprint density at radius 3 is 2.30 bits per heavy atom. The lowest BCUT2D eigenvalue weighted by Crippen LogP contribution is -2.41. The monoisotopic (exact) mass is 654 g/mol. The smallest absolute Gasteiger partial charge is 0.231 e. The molecule has 0 unspecified atom stereocenters. The summed E-state index contributed by atoms with van der Waals surface area (Å²) in [7, 11) is 0. The molecule has 0 saturated carbocycles. The molecular formula is C24H24BrIN4OS2. The number of amides is 1. The molecule has 4 rings (SSSR count). The van der Waals surface area contributed by atoms with E-state index in [1.54, 1.807) is 11.3 Å². The molecule has 2 aromatic carbocycles. The highest BCUT2D eigenvalue weighted by atomic mass is 127. The van der Waals surface area contributed by atoms with E-state index in [-0.39, 0.29) is 5.91 Å². The molecule has 172 valence electrons. The fourth-order valence-electron chi connectivity index (χ4n) is 2.66. The van der Waals surface area contributed by atoms with Crippen molar-refractivity contribution in [3.63, 3.8) is 0 Å². The standard InChI is InChI=1S/C12H15BrN2OS.C12H9IN2S/c1-12(2,3)10(16)15-11(17)14-9-6-4-8(13)5-7-9;1-8-6-15-7-11(14-12(15)16-8)9-2-4-10(13)5-3-9/h4-7H,1-3H3,(H2,14,15,16,17);2-7H,1H3. The first-order chi connectivity index (χ1) is 15.5. The van der Waals surface area contributed by atoms with E-state index in [4.69, 9.17) is 12.2 Å². The molecular weight excluding hydrogens is 631 g/mol. The van der Waals surface area contributed by atoms with Crippen LogP contribution in [0.3, 0.4) is 0 Å². The van der Waals surface area contributed by atoms with Gasteiger partial charge in [-0.05, 0) is 78.1 Å². The second-order valence-corrected chi connectivity index (χ2v) is 12.1. The summed E-state index contributed by atoms with van der Waals surface area (Å²) in [6.07, 6.45) is 4.20. The Hall–Kier alpha value is -1.82. The van der Waals surface area contributed by atoms with Crippen LogP contribution in [0.5, 0.6) is 0 Å². The molecule has 0 saturated heterocycles. The number of aryl methyl sites for hydroxylation is 1. The number of anilines is 1. The van der Waals surface area contributed by atoms with Gasteiger partial charge in [-0.2, -0.15) is 0 Å².